The van der Waals surface area contributed by atoms with Gasteiger partial charge in [-0.1, -0.05) is 55.5 Å². The van der Waals surface area contributed by atoms with Gasteiger partial charge in [0.1, 0.15) is 5.82 Å². The predicted molar refractivity (Wildman–Crippen MR) is 109 cm³/mol. The Morgan fingerprint density at radius 1 is 1.11 bits per heavy atom. The van der Waals surface area contributed by atoms with Crippen molar-refractivity contribution < 1.29 is 4.92 Å². The van der Waals surface area contributed by atoms with E-state index in [1.165, 1.54) is 12.1 Å². The molecule has 0 fully saturated rings. The van der Waals surface area contributed by atoms with E-state index >= 15 is 0 Å². The largest absolute Gasteiger partial charge is 0.352 e. The lowest BCUT2D eigenvalue weighted by Crippen LogP contribution is -2.24. The lowest BCUT2D eigenvalue weighted by atomic mass is 10.0. The van der Waals surface area contributed by atoms with Crippen LogP contribution in [0.1, 0.15) is 24.5 Å². The lowest BCUT2D eigenvalue weighted by molar-refractivity contribution is -0.384. The van der Waals surface area contributed by atoms with Gasteiger partial charge in [0.25, 0.3) is 5.69 Å². The van der Waals surface area contributed by atoms with Crippen LogP contribution in [0.5, 0.6) is 0 Å². The molecule has 28 heavy (non-hydrogen) atoms. The molecule has 0 spiro atoms. The molecule has 0 aliphatic rings. The number of benzene rings is 2. The Morgan fingerprint density at radius 3 is 2.50 bits per heavy atom. The highest BCUT2D eigenvalue weighted by Gasteiger charge is 2.18. The quantitative estimate of drug-likeness (QED) is 0.433. The summed E-state index contributed by atoms with van der Waals surface area (Å²) in [5.74, 6) is 0.530. The minimum absolute atomic E-state index is 0.0399. The molecular formula is C22H20N4O2. The van der Waals surface area contributed by atoms with E-state index in [0.717, 1.165) is 12.0 Å². The first kappa shape index (κ1) is 19.1. The van der Waals surface area contributed by atoms with Crippen LogP contribution in [-0.2, 0) is 6.54 Å². The van der Waals surface area contributed by atoms with Gasteiger partial charge in [0.05, 0.1) is 28.3 Å². The van der Waals surface area contributed by atoms with Crippen LogP contribution in [0.3, 0.4) is 0 Å². The van der Waals surface area contributed by atoms with Crippen molar-refractivity contribution in [1.29, 1.82) is 5.26 Å². The molecule has 2 aromatic carbocycles. The monoisotopic (exact) mass is 372 g/mol. The first-order chi connectivity index (χ1) is 13.6. The number of nitro groups is 1. The topological polar surface area (TPSA) is 83.1 Å². The maximum atomic E-state index is 11.5. The van der Waals surface area contributed by atoms with Crippen molar-refractivity contribution in [2.24, 2.45) is 0 Å². The standard InChI is InChI=1S/C22H20N4O2/c1-2-12-25(16-17-8-4-3-5-9-17)22-14-19(26(27)28)13-21(24-22)20-11-7-6-10-18(20)15-23/h3-11,13-14H,2,12,16H2,1H3. The number of aromatic nitrogens is 1. The SMILES string of the molecule is CCCN(Cc1ccccc1)c1cc([N+](=O)[O-])cc(-c2ccccc2C#N)n1. The van der Waals surface area contributed by atoms with Crippen molar-refractivity contribution in [3.05, 3.63) is 88.0 Å². The maximum Gasteiger partial charge on any atom is 0.275 e. The van der Waals surface area contributed by atoms with Crippen molar-refractivity contribution >= 4 is 11.5 Å². The summed E-state index contributed by atoms with van der Waals surface area (Å²) >= 11 is 0. The Bertz CT molecular complexity index is 1010. The number of nitrogens with zero attached hydrogens (tertiary/aromatic N) is 4. The van der Waals surface area contributed by atoms with Gasteiger partial charge >= 0.3 is 0 Å². The molecule has 1 aromatic heterocycles. The molecule has 0 saturated carbocycles. The molecule has 0 saturated heterocycles. The van der Waals surface area contributed by atoms with Crippen LogP contribution in [0.4, 0.5) is 11.5 Å². The molecule has 1 heterocycles. The number of anilines is 1. The van der Waals surface area contributed by atoms with Gasteiger partial charge in [0.15, 0.2) is 0 Å². The molecule has 0 atom stereocenters. The normalized spacial score (nSPS) is 10.3. The van der Waals surface area contributed by atoms with Crippen LogP contribution in [0, 0.1) is 21.4 Å². The number of hydrogen-bond donors (Lipinski definition) is 0. The summed E-state index contributed by atoms with van der Waals surface area (Å²) in [6.45, 7) is 3.37. The molecule has 6 heteroatoms. The Balaban J connectivity index is 2.09. The minimum atomic E-state index is -0.420. The fourth-order valence-corrected chi connectivity index (χ4v) is 3.06. The molecule has 0 radical (unpaired) electrons. The molecule has 0 bridgehead atoms. The highest BCUT2D eigenvalue weighted by molar-refractivity contribution is 5.71. The molecular weight excluding hydrogens is 352 g/mol. The van der Waals surface area contributed by atoms with E-state index in [0.29, 0.717) is 35.7 Å². The third-order valence-corrected chi connectivity index (χ3v) is 4.36. The van der Waals surface area contributed by atoms with Crippen LogP contribution in [0.15, 0.2) is 66.7 Å². The Hall–Kier alpha value is -3.72. The average molecular weight is 372 g/mol. The van der Waals surface area contributed by atoms with E-state index in [9.17, 15) is 15.4 Å². The summed E-state index contributed by atoms with van der Waals surface area (Å²) in [6.07, 6.45) is 0.876. The Kier molecular flexibility index (Phi) is 5.97. The summed E-state index contributed by atoms with van der Waals surface area (Å²) < 4.78 is 0. The van der Waals surface area contributed by atoms with Crippen molar-refractivity contribution in [3.63, 3.8) is 0 Å². The molecule has 140 valence electrons. The molecule has 0 aliphatic heterocycles. The maximum absolute atomic E-state index is 11.5. The van der Waals surface area contributed by atoms with Gasteiger partial charge in [-0.05, 0) is 18.1 Å². The van der Waals surface area contributed by atoms with E-state index in [-0.39, 0.29) is 5.69 Å². The second-order valence-electron chi connectivity index (χ2n) is 6.39. The van der Waals surface area contributed by atoms with Crippen molar-refractivity contribution in [2.45, 2.75) is 19.9 Å². The van der Waals surface area contributed by atoms with Gasteiger partial charge in [-0.2, -0.15) is 5.26 Å². The van der Waals surface area contributed by atoms with Gasteiger partial charge in [-0.15, -0.1) is 0 Å². The van der Waals surface area contributed by atoms with Crippen molar-refractivity contribution in [2.75, 3.05) is 11.4 Å². The third-order valence-electron chi connectivity index (χ3n) is 4.36. The number of pyridine rings is 1. The zero-order valence-corrected chi connectivity index (χ0v) is 15.6. The third kappa shape index (κ3) is 4.33. The van der Waals surface area contributed by atoms with Gasteiger partial charge in [0.2, 0.25) is 0 Å². The average Bonchev–Trinajstić information content (AvgIpc) is 2.73. The predicted octanol–water partition coefficient (Wildman–Crippen LogP) is 4.95. The number of nitriles is 1. The van der Waals surface area contributed by atoms with Crippen LogP contribution in [0.2, 0.25) is 0 Å². The molecule has 3 rings (SSSR count). The highest BCUT2D eigenvalue weighted by Crippen LogP contribution is 2.29. The molecule has 0 aliphatic carbocycles. The molecule has 0 unspecified atom stereocenters. The van der Waals surface area contributed by atoms with Gasteiger partial charge < -0.3 is 4.90 Å². The van der Waals surface area contributed by atoms with Gasteiger partial charge in [-0.3, -0.25) is 10.1 Å². The molecule has 6 nitrogen and oxygen atoms in total. The minimum Gasteiger partial charge on any atom is -0.352 e. The van der Waals surface area contributed by atoms with Crippen molar-refractivity contribution in [1.82, 2.24) is 4.98 Å². The van der Waals surface area contributed by atoms with E-state index in [4.69, 9.17) is 0 Å². The lowest BCUT2D eigenvalue weighted by Gasteiger charge is -2.24. The van der Waals surface area contributed by atoms with Gasteiger partial charge in [-0.25, -0.2) is 4.98 Å². The van der Waals surface area contributed by atoms with E-state index < -0.39 is 4.92 Å². The smallest absolute Gasteiger partial charge is 0.275 e. The summed E-state index contributed by atoms with van der Waals surface area (Å²) in [7, 11) is 0. The van der Waals surface area contributed by atoms with E-state index in [1.54, 1.807) is 24.3 Å². The first-order valence-corrected chi connectivity index (χ1v) is 9.07. The number of rotatable bonds is 7. The Morgan fingerprint density at radius 2 is 1.82 bits per heavy atom. The zero-order valence-electron chi connectivity index (χ0n) is 15.6. The zero-order chi connectivity index (χ0) is 19.9. The van der Waals surface area contributed by atoms with Crippen LogP contribution < -0.4 is 4.90 Å². The Labute approximate surface area is 163 Å². The summed E-state index contributed by atoms with van der Waals surface area (Å²) in [6, 6.07) is 22.0. The fraction of sp³-hybridized carbons (Fsp3) is 0.182. The van der Waals surface area contributed by atoms with Crippen molar-refractivity contribution in [3.8, 4) is 17.3 Å². The summed E-state index contributed by atoms with van der Waals surface area (Å²) in [5.41, 5.74) is 2.51. The fourth-order valence-electron chi connectivity index (χ4n) is 3.06. The second kappa shape index (κ2) is 8.78. The van der Waals surface area contributed by atoms with Crippen LogP contribution in [-0.4, -0.2) is 16.5 Å². The molecule has 0 amide bonds. The van der Waals surface area contributed by atoms with E-state index in [1.807, 2.05) is 35.2 Å². The molecule has 3 aromatic rings. The van der Waals surface area contributed by atoms with Crippen LogP contribution >= 0.6 is 0 Å². The van der Waals surface area contributed by atoms with E-state index in [2.05, 4.69) is 18.0 Å². The highest BCUT2D eigenvalue weighted by atomic mass is 16.6. The number of hydrogen-bond acceptors (Lipinski definition) is 5. The van der Waals surface area contributed by atoms with Gasteiger partial charge in [0, 0.05) is 24.7 Å². The first-order valence-electron chi connectivity index (χ1n) is 9.07. The summed E-state index contributed by atoms with van der Waals surface area (Å²) in [4.78, 5) is 17.8. The molecule has 0 N–H and O–H groups in total. The van der Waals surface area contributed by atoms with Crippen LogP contribution in [0.25, 0.3) is 11.3 Å². The summed E-state index contributed by atoms with van der Waals surface area (Å²) in [5, 5.41) is 20.9. The second-order valence-corrected chi connectivity index (χ2v) is 6.39.